The second-order valence-corrected chi connectivity index (χ2v) is 4.24. The van der Waals surface area contributed by atoms with Gasteiger partial charge in [0, 0.05) is 5.88 Å². The van der Waals surface area contributed by atoms with E-state index in [-0.39, 0.29) is 0 Å². The van der Waals surface area contributed by atoms with Gasteiger partial charge in [-0.3, -0.25) is 0 Å². The summed E-state index contributed by atoms with van der Waals surface area (Å²) < 4.78 is 5.33. The van der Waals surface area contributed by atoms with Gasteiger partial charge in [0.05, 0.1) is 7.11 Å². The summed E-state index contributed by atoms with van der Waals surface area (Å²) in [6, 6.07) is 6.29. The van der Waals surface area contributed by atoms with Crippen LogP contribution in [-0.4, -0.2) is 26.1 Å². The van der Waals surface area contributed by atoms with Crippen LogP contribution >= 0.6 is 11.6 Å². The maximum atomic E-state index is 5.61. The van der Waals surface area contributed by atoms with Gasteiger partial charge in [-0.05, 0) is 44.5 Å². The molecule has 0 spiro atoms. The number of benzene rings is 1. The van der Waals surface area contributed by atoms with E-state index in [9.17, 15) is 0 Å². The lowest BCUT2D eigenvalue weighted by molar-refractivity contribution is 0.409. The molecule has 1 N–H and O–H groups in total. The topological polar surface area (TPSA) is 21.3 Å². The average molecular weight is 242 g/mol. The van der Waals surface area contributed by atoms with Gasteiger partial charge in [0.15, 0.2) is 0 Å². The molecule has 16 heavy (non-hydrogen) atoms. The van der Waals surface area contributed by atoms with Crippen molar-refractivity contribution in [3.05, 3.63) is 29.3 Å². The van der Waals surface area contributed by atoms with E-state index >= 15 is 0 Å². The van der Waals surface area contributed by atoms with Crippen LogP contribution in [0.5, 0.6) is 5.75 Å². The Kier molecular flexibility index (Phi) is 6.27. The zero-order valence-corrected chi connectivity index (χ0v) is 10.8. The first-order valence-corrected chi connectivity index (χ1v) is 6.21. The molecule has 0 unspecified atom stereocenters. The molecule has 0 radical (unpaired) electrons. The van der Waals surface area contributed by atoms with Crippen molar-refractivity contribution in [1.82, 2.24) is 5.32 Å². The summed E-state index contributed by atoms with van der Waals surface area (Å²) in [6.07, 6.45) is 2.01. The van der Waals surface area contributed by atoms with E-state index in [0.29, 0.717) is 0 Å². The first kappa shape index (κ1) is 13.3. The first-order chi connectivity index (χ1) is 7.77. The van der Waals surface area contributed by atoms with Gasteiger partial charge < -0.3 is 10.1 Å². The summed E-state index contributed by atoms with van der Waals surface area (Å²) in [6.45, 7) is 4.05. The predicted molar refractivity (Wildman–Crippen MR) is 69.6 cm³/mol. The third-order valence-corrected chi connectivity index (χ3v) is 2.76. The van der Waals surface area contributed by atoms with Crippen LogP contribution in [0.3, 0.4) is 0 Å². The molecular formula is C13H20ClNO. The number of halogens is 1. The Balaban J connectivity index is 2.42. The zero-order chi connectivity index (χ0) is 11.8. The van der Waals surface area contributed by atoms with E-state index in [2.05, 4.69) is 24.4 Å². The Morgan fingerprint density at radius 3 is 2.81 bits per heavy atom. The number of methoxy groups -OCH3 is 1. The molecule has 0 bridgehead atoms. The molecule has 0 atom stereocenters. The van der Waals surface area contributed by atoms with Crippen molar-refractivity contribution in [3.8, 4) is 5.75 Å². The highest BCUT2D eigenvalue weighted by atomic mass is 35.5. The van der Waals surface area contributed by atoms with Crippen molar-refractivity contribution >= 4 is 11.6 Å². The normalized spacial score (nSPS) is 10.4. The smallest absolute Gasteiger partial charge is 0.122 e. The van der Waals surface area contributed by atoms with Gasteiger partial charge in [-0.15, -0.1) is 11.6 Å². The number of hydrogen-bond donors (Lipinski definition) is 1. The summed E-state index contributed by atoms with van der Waals surface area (Å²) in [5.41, 5.74) is 2.54. The lowest BCUT2D eigenvalue weighted by Gasteiger charge is -2.10. The van der Waals surface area contributed by atoms with Crippen LogP contribution < -0.4 is 10.1 Å². The minimum atomic E-state index is 0.723. The number of alkyl halides is 1. The second kappa shape index (κ2) is 7.53. The third kappa shape index (κ3) is 4.42. The van der Waals surface area contributed by atoms with Crippen molar-refractivity contribution in [2.45, 2.75) is 19.8 Å². The molecule has 0 fully saturated rings. The molecule has 0 aliphatic carbocycles. The Morgan fingerprint density at radius 2 is 2.12 bits per heavy atom. The van der Waals surface area contributed by atoms with E-state index in [4.69, 9.17) is 16.3 Å². The van der Waals surface area contributed by atoms with Crippen molar-refractivity contribution in [1.29, 1.82) is 0 Å². The lowest BCUT2D eigenvalue weighted by atomic mass is 10.1. The summed E-state index contributed by atoms with van der Waals surface area (Å²) in [4.78, 5) is 0. The van der Waals surface area contributed by atoms with Gasteiger partial charge in [-0.25, -0.2) is 0 Å². The highest BCUT2D eigenvalue weighted by Crippen LogP contribution is 2.19. The van der Waals surface area contributed by atoms with E-state index in [1.54, 1.807) is 7.11 Å². The molecule has 0 amide bonds. The molecule has 2 nitrogen and oxygen atoms in total. The van der Waals surface area contributed by atoms with Crippen LogP contribution in [0.15, 0.2) is 18.2 Å². The van der Waals surface area contributed by atoms with Crippen molar-refractivity contribution in [3.63, 3.8) is 0 Å². The monoisotopic (exact) mass is 241 g/mol. The molecule has 0 heterocycles. The van der Waals surface area contributed by atoms with Gasteiger partial charge in [0.1, 0.15) is 5.75 Å². The van der Waals surface area contributed by atoms with Gasteiger partial charge in [0.2, 0.25) is 0 Å². The molecule has 1 aromatic rings. The molecule has 90 valence electrons. The van der Waals surface area contributed by atoms with E-state index in [1.807, 2.05) is 6.07 Å². The summed E-state index contributed by atoms with van der Waals surface area (Å²) in [7, 11) is 1.72. The van der Waals surface area contributed by atoms with Crippen molar-refractivity contribution < 1.29 is 4.74 Å². The Morgan fingerprint density at radius 1 is 1.31 bits per heavy atom. The molecule has 3 heteroatoms. The summed E-state index contributed by atoms with van der Waals surface area (Å²) in [5.74, 6) is 1.70. The molecule has 1 aromatic carbocycles. The minimum Gasteiger partial charge on any atom is -0.496 e. The Bertz CT molecular complexity index is 315. The van der Waals surface area contributed by atoms with Crippen LogP contribution in [0.2, 0.25) is 0 Å². The van der Waals surface area contributed by atoms with Gasteiger partial charge in [-0.1, -0.05) is 17.7 Å². The third-order valence-electron chi connectivity index (χ3n) is 2.49. The average Bonchev–Trinajstić information content (AvgIpc) is 2.29. The largest absolute Gasteiger partial charge is 0.496 e. The van der Waals surface area contributed by atoms with Gasteiger partial charge in [0.25, 0.3) is 0 Å². The van der Waals surface area contributed by atoms with Crippen LogP contribution in [-0.2, 0) is 6.42 Å². The second-order valence-electron chi connectivity index (χ2n) is 3.86. The van der Waals surface area contributed by atoms with Crippen molar-refractivity contribution in [2.24, 2.45) is 0 Å². The van der Waals surface area contributed by atoms with Crippen LogP contribution in [0.1, 0.15) is 17.5 Å². The highest BCUT2D eigenvalue weighted by molar-refractivity contribution is 6.17. The highest BCUT2D eigenvalue weighted by Gasteiger charge is 2.02. The number of aryl methyl sites for hydroxylation is 1. The van der Waals surface area contributed by atoms with E-state index < -0.39 is 0 Å². The molecule has 0 saturated carbocycles. The molecule has 0 aliphatic heterocycles. The van der Waals surface area contributed by atoms with Crippen LogP contribution in [0.4, 0.5) is 0 Å². The lowest BCUT2D eigenvalue weighted by Crippen LogP contribution is -2.19. The minimum absolute atomic E-state index is 0.723. The molecule has 1 rings (SSSR count). The Hall–Kier alpha value is -0.730. The fourth-order valence-corrected chi connectivity index (χ4v) is 1.78. The van der Waals surface area contributed by atoms with E-state index in [0.717, 1.165) is 37.6 Å². The van der Waals surface area contributed by atoms with E-state index in [1.165, 1.54) is 11.1 Å². The van der Waals surface area contributed by atoms with Gasteiger partial charge in [-0.2, -0.15) is 0 Å². The Labute approximate surface area is 103 Å². The maximum Gasteiger partial charge on any atom is 0.122 e. The number of nitrogens with one attached hydrogen (secondary N) is 1. The molecule has 0 saturated heterocycles. The maximum absolute atomic E-state index is 5.61. The molecule has 0 aliphatic rings. The fraction of sp³-hybridized carbons (Fsp3) is 0.538. The summed E-state index contributed by atoms with van der Waals surface area (Å²) in [5, 5.41) is 3.37. The SMILES string of the molecule is COc1ccc(C)cc1CCNCCCCl. The standard InChI is InChI=1S/C13H20ClNO/c1-11-4-5-13(16-2)12(10-11)6-9-15-8-3-7-14/h4-5,10,15H,3,6-9H2,1-2H3. The number of ether oxygens (including phenoxy) is 1. The zero-order valence-electron chi connectivity index (χ0n) is 10.1. The fourth-order valence-electron chi connectivity index (χ4n) is 1.64. The number of rotatable bonds is 7. The predicted octanol–water partition coefficient (Wildman–Crippen LogP) is 2.76. The first-order valence-electron chi connectivity index (χ1n) is 5.68. The number of hydrogen-bond acceptors (Lipinski definition) is 2. The quantitative estimate of drug-likeness (QED) is 0.586. The molecular weight excluding hydrogens is 222 g/mol. The van der Waals surface area contributed by atoms with Crippen LogP contribution in [0.25, 0.3) is 0 Å². The van der Waals surface area contributed by atoms with Gasteiger partial charge >= 0.3 is 0 Å². The van der Waals surface area contributed by atoms with Crippen molar-refractivity contribution in [2.75, 3.05) is 26.1 Å². The van der Waals surface area contributed by atoms with Crippen LogP contribution in [0, 0.1) is 6.92 Å². The summed E-state index contributed by atoms with van der Waals surface area (Å²) >= 11 is 5.61. The molecule has 0 aromatic heterocycles.